The van der Waals surface area contributed by atoms with Gasteiger partial charge in [0.2, 0.25) is 11.8 Å². The number of hydrogen-bond acceptors (Lipinski definition) is 13. The average Bonchev–Trinajstić information content (AvgIpc) is 3.79. The van der Waals surface area contributed by atoms with Crippen molar-refractivity contribution in [3.8, 4) is 23.1 Å². The van der Waals surface area contributed by atoms with Crippen molar-refractivity contribution in [1.82, 2.24) is 30.0 Å². The van der Waals surface area contributed by atoms with Crippen LogP contribution < -0.4 is 20.3 Å². The van der Waals surface area contributed by atoms with Crippen LogP contribution in [0.15, 0.2) is 57.9 Å². The summed E-state index contributed by atoms with van der Waals surface area (Å²) in [5, 5.41) is 7.13. The molecule has 16 heteroatoms. The number of oxazole rings is 1. The lowest BCUT2D eigenvalue weighted by Gasteiger charge is -2.34. The highest BCUT2D eigenvalue weighted by molar-refractivity contribution is 5.86. The number of amides is 2. The fourth-order valence-corrected chi connectivity index (χ4v) is 6.86. The van der Waals surface area contributed by atoms with E-state index in [4.69, 9.17) is 32.8 Å². The number of aryl methyl sites for hydroxylation is 1. The molecule has 0 unspecified atom stereocenters. The molecule has 302 valence electrons. The molecule has 16 nitrogen and oxygen atoms in total. The van der Waals surface area contributed by atoms with E-state index >= 15 is 0 Å². The maximum atomic E-state index is 13.1. The van der Waals surface area contributed by atoms with Crippen molar-refractivity contribution in [3.05, 3.63) is 64.7 Å². The highest BCUT2D eigenvalue weighted by Gasteiger charge is 2.48. The minimum atomic E-state index is -0.619. The van der Waals surface area contributed by atoms with Crippen molar-refractivity contribution in [2.24, 2.45) is 13.0 Å². The van der Waals surface area contributed by atoms with E-state index in [9.17, 15) is 14.4 Å². The second kappa shape index (κ2) is 19.2. The van der Waals surface area contributed by atoms with Gasteiger partial charge in [-0.2, -0.15) is 5.10 Å². The van der Waals surface area contributed by atoms with Gasteiger partial charge >= 0.3 is 6.09 Å². The number of aromatic nitrogens is 4. The quantitative estimate of drug-likeness (QED) is 0.138. The van der Waals surface area contributed by atoms with Crippen LogP contribution in [0.25, 0.3) is 22.7 Å². The molecule has 3 atom stereocenters. The summed E-state index contributed by atoms with van der Waals surface area (Å²) in [5.41, 5.74) is 1.53. The van der Waals surface area contributed by atoms with Crippen molar-refractivity contribution in [2.45, 2.75) is 77.2 Å². The molecule has 0 spiro atoms. The number of nitrogens with zero attached hydrogens (tertiary/aromatic N) is 5. The van der Waals surface area contributed by atoms with Gasteiger partial charge in [-0.05, 0) is 76.3 Å². The molecule has 1 aliphatic heterocycles. The van der Waals surface area contributed by atoms with Crippen LogP contribution in [-0.2, 0) is 37.4 Å². The Morgan fingerprint density at radius 1 is 0.893 bits per heavy atom. The Labute approximate surface area is 325 Å². The first kappa shape index (κ1) is 40.6. The van der Waals surface area contributed by atoms with Crippen LogP contribution in [0.2, 0.25) is 0 Å². The minimum absolute atomic E-state index is 0.0640. The van der Waals surface area contributed by atoms with Gasteiger partial charge in [-0.1, -0.05) is 12.8 Å². The second-order valence-corrected chi connectivity index (χ2v) is 14.8. The van der Waals surface area contributed by atoms with Crippen LogP contribution in [0.4, 0.5) is 4.79 Å². The van der Waals surface area contributed by atoms with Gasteiger partial charge in [0.15, 0.2) is 5.58 Å². The molecule has 2 aliphatic rings. The van der Waals surface area contributed by atoms with Crippen molar-refractivity contribution in [3.63, 3.8) is 0 Å². The molecule has 2 amide bonds. The fourth-order valence-electron chi connectivity index (χ4n) is 6.86. The Morgan fingerprint density at radius 2 is 1.62 bits per heavy atom. The van der Waals surface area contributed by atoms with Crippen molar-refractivity contribution >= 4 is 23.1 Å². The van der Waals surface area contributed by atoms with Gasteiger partial charge < -0.3 is 38.2 Å². The average molecular weight is 777 g/mol. The first-order chi connectivity index (χ1) is 27.0. The molecule has 1 aromatic carbocycles. The van der Waals surface area contributed by atoms with E-state index in [1.54, 1.807) is 42.4 Å². The monoisotopic (exact) mass is 776 g/mol. The van der Waals surface area contributed by atoms with Gasteiger partial charge in [-0.3, -0.25) is 19.5 Å². The standard InChI is InChI=1S/C40H52N6O10/c1-40(2,3)56-39(49)46-33-8-6-5-7-27(33)23-34(46)37(48)41-15-16-50-17-18-51-19-20-52-21-22-53-30-10-9-28(42-25-30)26-54-29-11-13-35-32(24-29)43-38(55-35)31-12-14-36(47)45(4)44-31/h9-14,24-25,27,33-34H,5-8,15-23,26H2,1-4H3,(H,41,48)/t27-,33-,34-/m0/s1. The van der Waals surface area contributed by atoms with Gasteiger partial charge in [0.1, 0.15) is 47.6 Å². The normalized spacial score (nSPS) is 18.1. The lowest BCUT2D eigenvalue weighted by atomic mass is 9.85. The molecule has 1 aliphatic carbocycles. The number of pyridine rings is 1. The Hall–Kier alpha value is -5.06. The number of hydrogen-bond donors (Lipinski definition) is 1. The van der Waals surface area contributed by atoms with E-state index in [-0.39, 0.29) is 24.1 Å². The predicted octanol–water partition coefficient (Wildman–Crippen LogP) is 4.68. The number of rotatable bonds is 18. The van der Waals surface area contributed by atoms with Gasteiger partial charge in [0.05, 0.1) is 51.5 Å². The lowest BCUT2D eigenvalue weighted by molar-refractivity contribution is -0.126. The highest BCUT2D eigenvalue weighted by Crippen LogP contribution is 2.40. The highest BCUT2D eigenvalue weighted by atomic mass is 16.6. The zero-order valence-electron chi connectivity index (χ0n) is 32.6. The maximum absolute atomic E-state index is 13.1. The minimum Gasteiger partial charge on any atom is -0.490 e. The van der Waals surface area contributed by atoms with Gasteiger partial charge in [-0.15, -0.1) is 0 Å². The third-order valence-corrected chi connectivity index (χ3v) is 9.50. The Morgan fingerprint density at radius 3 is 2.36 bits per heavy atom. The summed E-state index contributed by atoms with van der Waals surface area (Å²) >= 11 is 0. The summed E-state index contributed by atoms with van der Waals surface area (Å²) in [6.07, 6.45) is 6.06. The van der Waals surface area contributed by atoms with Crippen molar-refractivity contribution in [2.75, 3.05) is 52.8 Å². The van der Waals surface area contributed by atoms with Crippen molar-refractivity contribution < 1.29 is 42.4 Å². The smallest absolute Gasteiger partial charge is 0.411 e. The van der Waals surface area contributed by atoms with Crippen LogP contribution in [0, 0.1) is 5.92 Å². The summed E-state index contributed by atoms with van der Waals surface area (Å²) in [6.45, 7) is 8.85. The predicted molar refractivity (Wildman–Crippen MR) is 204 cm³/mol. The van der Waals surface area contributed by atoms with Gasteiger partial charge in [0.25, 0.3) is 5.56 Å². The molecule has 1 saturated heterocycles. The molecule has 0 radical (unpaired) electrons. The molecule has 1 saturated carbocycles. The van der Waals surface area contributed by atoms with Gasteiger partial charge in [-0.25, -0.2) is 14.5 Å². The summed E-state index contributed by atoms with van der Waals surface area (Å²) in [6, 6.07) is 11.5. The number of likely N-dealkylation sites (tertiary alicyclic amines) is 1. The molecule has 0 bridgehead atoms. The number of nitrogens with one attached hydrogen (secondary N) is 1. The van der Waals surface area contributed by atoms with Crippen LogP contribution in [0.1, 0.15) is 58.6 Å². The Bertz CT molecular complexity index is 1960. The first-order valence-electron chi connectivity index (χ1n) is 19.2. The molecule has 6 rings (SSSR count). The maximum Gasteiger partial charge on any atom is 0.411 e. The first-order valence-corrected chi connectivity index (χ1v) is 19.2. The van der Waals surface area contributed by atoms with Crippen LogP contribution in [0.5, 0.6) is 11.5 Å². The molecule has 4 aromatic rings. The summed E-state index contributed by atoms with van der Waals surface area (Å²) < 4.78 is 41.1. The lowest BCUT2D eigenvalue weighted by Crippen LogP contribution is -2.51. The van der Waals surface area contributed by atoms with Crippen LogP contribution in [0.3, 0.4) is 0 Å². The molecule has 2 fully saturated rings. The molecular weight excluding hydrogens is 724 g/mol. The van der Waals surface area contributed by atoms with Gasteiger partial charge in [0, 0.05) is 31.8 Å². The molecule has 1 N–H and O–H groups in total. The zero-order valence-corrected chi connectivity index (χ0v) is 32.6. The van der Waals surface area contributed by atoms with E-state index in [2.05, 4.69) is 20.4 Å². The van der Waals surface area contributed by atoms with E-state index in [0.29, 0.717) is 99.3 Å². The summed E-state index contributed by atoms with van der Waals surface area (Å²) in [5.74, 6) is 1.72. The molecule has 3 aromatic heterocycles. The zero-order chi connectivity index (χ0) is 39.5. The van der Waals surface area contributed by atoms with E-state index in [0.717, 1.165) is 31.4 Å². The van der Waals surface area contributed by atoms with Crippen LogP contribution in [-0.4, -0.2) is 107 Å². The van der Waals surface area contributed by atoms with Crippen LogP contribution >= 0.6 is 0 Å². The number of carbonyl (C=O) groups is 2. The SMILES string of the molecule is Cn1nc(-c2nc3cc(OCc4ccc(OCCOCCOCCOCCNC(=O)[C@@H]5C[C@@H]6CCCC[C@@H]6N5C(=O)OC(C)(C)C)cn4)ccc3o2)ccc1=O. The van der Waals surface area contributed by atoms with E-state index < -0.39 is 17.7 Å². The third kappa shape index (κ3) is 11.3. The number of benzene rings is 1. The molecule has 4 heterocycles. The summed E-state index contributed by atoms with van der Waals surface area (Å²) in [7, 11) is 1.57. The van der Waals surface area contributed by atoms with E-state index in [1.165, 1.54) is 10.7 Å². The number of carbonyl (C=O) groups excluding carboxylic acids is 2. The number of ether oxygens (including phenoxy) is 6. The molecular formula is C40H52N6O10. The second-order valence-electron chi connectivity index (χ2n) is 14.8. The van der Waals surface area contributed by atoms with E-state index in [1.807, 2.05) is 32.9 Å². The third-order valence-electron chi connectivity index (χ3n) is 9.50. The molecule has 56 heavy (non-hydrogen) atoms. The largest absolute Gasteiger partial charge is 0.490 e. The number of fused-ring (bicyclic) bond motifs is 2. The Kier molecular flexibility index (Phi) is 13.9. The topological polar surface area (TPSA) is 179 Å². The van der Waals surface area contributed by atoms with Crippen molar-refractivity contribution in [1.29, 1.82) is 0 Å². The fraction of sp³-hybridized carbons (Fsp3) is 0.550. The summed E-state index contributed by atoms with van der Waals surface area (Å²) in [4.78, 5) is 48.4. The Balaban J connectivity index is 0.786.